The third-order valence-corrected chi connectivity index (χ3v) is 4.87. The molecule has 0 aromatic heterocycles. The molecular weight excluding hydrogens is 330 g/mol. The van der Waals surface area contributed by atoms with Gasteiger partial charge in [0.25, 0.3) is 0 Å². The van der Waals surface area contributed by atoms with Crippen molar-refractivity contribution in [3.05, 3.63) is 53.6 Å². The Labute approximate surface area is 154 Å². The molecule has 1 atom stereocenters. The van der Waals surface area contributed by atoms with Crippen molar-refractivity contribution in [2.75, 3.05) is 27.3 Å². The van der Waals surface area contributed by atoms with Gasteiger partial charge in [-0.15, -0.1) is 0 Å². The molecule has 26 heavy (non-hydrogen) atoms. The smallest absolute Gasteiger partial charge is 0.170 e. The van der Waals surface area contributed by atoms with Crippen LogP contribution >= 0.6 is 0 Å². The summed E-state index contributed by atoms with van der Waals surface area (Å²) in [6.07, 6.45) is 1.86. The highest BCUT2D eigenvalue weighted by atomic mass is 16.5. The predicted molar refractivity (Wildman–Crippen MR) is 100.0 cm³/mol. The molecule has 0 spiro atoms. The molecule has 2 aromatic rings. The van der Waals surface area contributed by atoms with Crippen LogP contribution in [-0.4, -0.2) is 43.1 Å². The van der Waals surface area contributed by atoms with E-state index < -0.39 is 0 Å². The molecule has 1 aliphatic rings. The summed E-state index contributed by atoms with van der Waals surface area (Å²) in [7, 11) is 3.16. The summed E-state index contributed by atoms with van der Waals surface area (Å²) < 4.78 is 10.6. The highest BCUT2D eigenvalue weighted by molar-refractivity contribution is 6.00. The molecule has 1 N–H and O–H groups in total. The van der Waals surface area contributed by atoms with Crippen LogP contribution in [0.3, 0.4) is 0 Å². The van der Waals surface area contributed by atoms with E-state index in [1.54, 1.807) is 44.6 Å². The first-order valence-electron chi connectivity index (χ1n) is 8.87. The lowest BCUT2D eigenvalue weighted by molar-refractivity contribution is 0.0808. The Morgan fingerprint density at radius 1 is 1.19 bits per heavy atom. The van der Waals surface area contributed by atoms with E-state index in [1.165, 1.54) is 0 Å². The van der Waals surface area contributed by atoms with Gasteiger partial charge in [0.2, 0.25) is 0 Å². The molecule has 138 valence electrons. The molecule has 2 aromatic carbocycles. The Hall–Kier alpha value is -2.53. The van der Waals surface area contributed by atoms with Crippen LogP contribution in [0.1, 0.15) is 28.8 Å². The number of nitrogens with zero attached hydrogens (tertiary/aromatic N) is 1. The Bertz CT molecular complexity index is 774. The second-order valence-corrected chi connectivity index (χ2v) is 6.67. The summed E-state index contributed by atoms with van der Waals surface area (Å²) in [5.74, 6) is 1.57. The van der Waals surface area contributed by atoms with Crippen molar-refractivity contribution >= 4 is 5.78 Å². The summed E-state index contributed by atoms with van der Waals surface area (Å²) in [6.45, 7) is 2.40. The van der Waals surface area contributed by atoms with E-state index in [2.05, 4.69) is 4.90 Å². The molecular formula is C21H25NO4. The van der Waals surface area contributed by atoms with E-state index in [0.717, 1.165) is 31.5 Å². The van der Waals surface area contributed by atoms with Crippen molar-refractivity contribution in [3.63, 3.8) is 0 Å². The number of likely N-dealkylation sites (tertiary alicyclic amines) is 1. The van der Waals surface area contributed by atoms with E-state index in [-0.39, 0.29) is 17.5 Å². The number of rotatable bonds is 6. The quantitative estimate of drug-likeness (QED) is 0.804. The Kier molecular flexibility index (Phi) is 5.78. The number of phenols is 1. The summed E-state index contributed by atoms with van der Waals surface area (Å²) in [6, 6.07) is 12.6. The minimum atomic E-state index is -0.0524. The fourth-order valence-corrected chi connectivity index (χ4v) is 3.55. The summed E-state index contributed by atoms with van der Waals surface area (Å²) >= 11 is 0. The van der Waals surface area contributed by atoms with Crippen molar-refractivity contribution in [2.24, 2.45) is 5.92 Å². The highest BCUT2D eigenvalue weighted by Gasteiger charge is 2.28. The van der Waals surface area contributed by atoms with Crippen molar-refractivity contribution in [1.29, 1.82) is 0 Å². The fourth-order valence-electron chi connectivity index (χ4n) is 3.55. The molecule has 1 fully saturated rings. The van der Waals surface area contributed by atoms with Crippen LogP contribution in [0.2, 0.25) is 0 Å². The number of hydrogen-bond acceptors (Lipinski definition) is 5. The lowest BCUT2D eigenvalue weighted by Gasteiger charge is -2.32. The number of methoxy groups -OCH3 is 2. The van der Waals surface area contributed by atoms with Gasteiger partial charge in [-0.1, -0.05) is 12.1 Å². The fraction of sp³-hybridized carbons (Fsp3) is 0.381. The average Bonchev–Trinajstić information content (AvgIpc) is 2.67. The first-order valence-corrected chi connectivity index (χ1v) is 8.87. The SMILES string of the molecule is COc1ccc(C(=O)C2CCCN(Cc3cccc(O)c3)C2)c(OC)c1. The van der Waals surface area contributed by atoms with Gasteiger partial charge < -0.3 is 14.6 Å². The predicted octanol–water partition coefficient (Wildman–Crippen LogP) is 3.50. The molecule has 1 unspecified atom stereocenters. The maximum absolute atomic E-state index is 13.0. The Morgan fingerprint density at radius 3 is 2.77 bits per heavy atom. The third kappa shape index (κ3) is 4.17. The second kappa shape index (κ2) is 8.23. The topological polar surface area (TPSA) is 59.0 Å². The first-order chi connectivity index (χ1) is 12.6. The number of Topliss-reactive ketones (excluding diaryl/α,β-unsaturated/α-hetero) is 1. The Balaban J connectivity index is 1.72. The monoisotopic (exact) mass is 355 g/mol. The van der Waals surface area contributed by atoms with Crippen LogP contribution in [-0.2, 0) is 6.54 Å². The van der Waals surface area contributed by atoms with Crippen LogP contribution in [0.15, 0.2) is 42.5 Å². The van der Waals surface area contributed by atoms with Gasteiger partial charge in [0.15, 0.2) is 5.78 Å². The standard InChI is InChI=1S/C21H25NO4/c1-25-18-8-9-19(20(12-18)26-2)21(24)16-6-4-10-22(14-16)13-15-5-3-7-17(23)11-15/h3,5,7-9,11-12,16,23H,4,6,10,13-14H2,1-2H3. The van der Waals surface area contributed by atoms with Crippen molar-refractivity contribution in [2.45, 2.75) is 19.4 Å². The molecule has 1 saturated heterocycles. The van der Waals surface area contributed by atoms with E-state index in [1.807, 2.05) is 12.1 Å². The van der Waals surface area contributed by atoms with Gasteiger partial charge in [-0.3, -0.25) is 9.69 Å². The molecule has 0 bridgehead atoms. The zero-order valence-corrected chi connectivity index (χ0v) is 15.3. The van der Waals surface area contributed by atoms with E-state index in [4.69, 9.17) is 9.47 Å². The van der Waals surface area contributed by atoms with Crippen LogP contribution < -0.4 is 9.47 Å². The molecule has 0 saturated carbocycles. The van der Waals surface area contributed by atoms with Gasteiger partial charge in [-0.2, -0.15) is 0 Å². The van der Waals surface area contributed by atoms with Gasteiger partial charge in [-0.25, -0.2) is 0 Å². The van der Waals surface area contributed by atoms with Gasteiger partial charge in [0.1, 0.15) is 17.2 Å². The number of ether oxygens (including phenoxy) is 2. The highest BCUT2D eigenvalue weighted by Crippen LogP contribution is 2.30. The maximum Gasteiger partial charge on any atom is 0.170 e. The number of benzene rings is 2. The Morgan fingerprint density at radius 2 is 2.04 bits per heavy atom. The van der Waals surface area contributed by atoms with Gasteiger partial charge in [0, 0.05) is 25.1 Å². The van der Waals surface area contributed by atoms with Crippen LogP contribution in [0, 0.1) is 5.92 Å². The zero-order valence-electron chi connectivity index (χ0n) is 15.3. The summed E-state index contributed by atoms with van der Waals surface area (Å²) in [4.78, 5) is 15.3. The molecule has 3 rings (SSSR count). The van der Waals surface area contributed by atoms with Crippen LogP contribution in [0.4, 0.5) is 0 Å². The number of carbonyl (C=O) groups is 1. The molecule has 0 radical (unpaired) electrons. The van der Waals surface area contributed by atoms with Gasteiger partial charge >= 0.3 is 0 Å². The summed E-state index contributed by atoms with van der Waals surface area (Å²) in [5.41, 5.74) is 1.66. The molecule has 0 amide bonds. The minimum absolute atomic E-state index is 0.0524. The number of phenolic OH excluding ortho intramolecular Hbond substituents is 1. The summed E-state index contributed by atoms with van der Waals surface area (Å²) in [5, 5.41) is 9.64. The number of carbonyl (C=O) groups excluding carboxylic acids is 1. The number of hydrogen-bond donors (Lipinski definition) is 1. The molecule has 5 nitrogen and oxygen atoms in total. The number of aromatic hydroxyl groups is 1. The minimum Gasteiger partial charge on any atom is -0.508 e. The lowest BCUT2D eigenvalue weighted by Crippen LogP contribution is -2.38. The van der Waals surface area contributed by atoms with Crippen LogP contribution in [0.25, 0.3) is 0 Å². The van der Waals surface area contributed by atoms with Crippen molar-refractivity contribution < 1.29 is 19.4 Å². The lowest BCUT2D eigenvalue weighted by atomic mass is 9.89. The molecule has 0 aliphatic carbocycles. The van der Waals surface area contributed by atoms with Crippen molar-refractivity contribution in [1.82, 2.24) is 4.90 Å². The average molecular weight is 355 g/mol. The first kappa shape index (κ1) is 18.3. The number of piperidine rings is 1. The van der Waals surface area contributed by atoms with Crippen molar-refractivity contribution in [3.8, 4) is 17.2 Å². The van der Waals surface area contributed by atoms with E-state index >= 15 is 0 Å². The maximum atomic E-state index is 13.0. The van der Waals surface area contributed by atoms with E-state index in [0.29, 0.717) is 23.6 Å². The largest absolute Gasteiger partial charge is 0.508 e. The molecule has 1 aliphatic heterocycles. The zero-order chi connectivity index (χ0) is 18.5. The van der Waals surface area contributed by atoms with Gasteiger partial charge in [0.05, 0.1) is 19.8 Å². The second-order valence-electron chi connectivity index (χ2n) is 6.67. The normalized spacial score (nSPS) is 17.7. The van der Waals surface area contributed by atoms with E-state index in [9.17, 15) is 9.90 Å². The number of ketones is 1. The molecule has 1 heterocycles. The van der Waals surface area contributed by atoms with Gasteiger partial charge in [-0.05, 0) is 49.2 Å². The third-order valence-electron chi connectivity index (χ3n) is 4.87. The van der Waals surface area contributed by atoms with Crippen LogP contribution in [0.5, 0.6) is 17.2 Å². The molecule has 5 heteroatoms.